The first-order valence-electron chi connectivity index (χ1n) is 26.7. The molecule has 2 aromatic carbocycles. The summed E-state index contributed by atoms with van der Waals surface area (Å²) in [5, 5.41) is 57.7. The van der Waals surface area contributed by atoms with Gasteiger partial charge in [-0.1, -0.05) is 115 Å². The molecule has 0 radical (unpaired) electrons. The average Bonchev–Trinajstić information content (AvgIpc) is 3.43. The average molecular weight is 1120 g/mol. The van der Waals surface area contributed by atoms with Crippen molar-refractivity contribution in [2.75, 3.05) is 19.7 Å². The number of nitrogens with one attached hydrogen (secondary N) is 10. The van der Waals surface area contributed by atoms with Crippen molar-refractivity contribution in [3.63, 3.8) is 0 Å². The number of nitrogens with zero attached hydrogens (tertiary/aromatic N) is 1. The lowest BCUT2D eigenvalue weighted by atomic mass is 9.95. The fourth-order valence-corrected chi connectivity index (χ4v) is 8.11. The smallest absolute Gasteiger partial charge is 0.408 e. The first-order valence-corrected chi connectivity index (χ1v) is 26.7. The minimum atomic E-state index is -1.92. The summed E-state index contributed by atoms with van der Waals surface area (Å²) in [6.45, 7) is 8.57. The highest BCUT2D eigenvalue weighted by Crippen LogP contribution is 2.20. The van der Waals surface area contributed by atoms with E-state index in [0.29, 0.717) is 24.8 Å². The number of hydrogen-bond acceptors (Lipinski definition) is 15. The number of hydrogen-bond donors (Lipinski definition) is 15. The maximum atomic E-state index is 14.9. The molecular weight excluding hydrogens is 1040 g/mol. The lowest BCUT2D eigenvalue weighted by Gasteiger charge is -2.33. The van der Waals surface area contributed by atoms with Crippen LogP contribution in [-0.4, -0.2) is 161 Å². The molecule has 0 saturated carbocycles. The molecule has 0 spiro atoms. The Morgan fingerprint density at radius 3 is 1.77 bits per heavy atom. The first kappa shape index (κ1) is 66.4. The zero-order valence-electron chi connectivity index (χ0n) is 46.3. The highest BCUT2D eigenvalue weighted by atomic mass is 16.5. The Morgan fingerprint density at radius 2 is 1.20 bits per heavy atom. The third-order valence-electron chi connectivity index (χ3n) is 13.1. The molecule has 442 valence electrons. The third-order valence-corrected chi connectivity index (χ3v) is 13.1. The van der Waals surface area contributed by atoms with Crippen molar-refractivity contribution < 1.29 is 68.0 Å². The number of aliphatic imine (C=N–C) groups is 1. The fraction of sp³-hybridized carbons (Fsp3) is 0.566. The van der Waals surface area contributed by atoms with E-state index in [1.54, 1.807) is 76.2 Å². The minimum Gasteiger partial charge on any atom is -0.445 e. The maximum absolute atomic E-state index is 14.9. The second-order valence-electron chi connectivity index (χ2n) is 19.9. The number of alkyl carbamates (subject to hydrolysis) is 1. The van der Waals surface area contributed by atoms with Gasteiger partial charge >= 0.3 is 6.09 Å². The molecule has 27 heteroatoms. The van der Waals surface area contributed by atoms with E-state index < -0.39 is 151 Å². The Hall–Kier alpha value is -7.91. The number of aliphatic hydroxyl groups excluding tert-OH is 3. The zero-order chi connectivity index (χ0) is 59.6. The van der Waals surface area contributed by atoms with Crippen molar-refractivity contribution in [1.29, 1.82) is 0 Å². The van der Waals surface area contributed by atoms with E-state index in [2.05, 4.69) is 58.2 Å². The molecule has 1 fully saturated rings. The van der Waals surface area contributed by atoms with Crippen LogP contribution in [0.3, 0.4) is 0 Å². The largest absolute Gasteiger partial charge is 0.445 e. The molecule has 17 N–H and O–H groups in total. The van der Waals surface area contributed by atoms with Gasteiger partial charge in [0.2, 0.25) is 53.2 Å². The van der Waals surface area contributed by atoms with Crippen LogP contribution >= 0.6 is 0 Å². The molecule has 3 rings (SSSR count). The fourth-order valence-electron chi connectivity index (χ4n) is 8.11. The van der Waals surface area contributed by atoms with Gasteiger partial charge in [0, 0.05) is 6.54 Å². The maximum Gasteiger partial charge on any atom is 0.408 e. The number of carbonyl (C=O) groups is 10. The summed E-state index contributed by atoms with van der Waals surface area (Å²) in [6, 6.07) is 1.61. The van der Waals surface area contributed by atoms with Crippen LogP contribution in [0.5, 0.6) is 0 Å². The van der Waals surface area contributed by atoms with Crippen LogP contribution in [0.1, 0.15) is 104 Å². The van der Waals surface area contributed by atoms with Crippen LogP contribution in [0.15, 0.2) is 65.7 Å². The van der Waals surface area contributed by atoms with Crippen molar-refractivity contribution in [2.45, 2.75) is 160 Å². The number of rotatable bonds is 17. The number of amides is 10. The Labute approximate surface area is 465 Å². The summed E-state index contributed by atoms with van der Waals surface area (Å²) < 4.78 is 5.48. The van der Waals surface area contributed by atoms with Crippen LogP contribution in [-0.2, 0) is 54.5 Å². The van der Waals surface area contributed by atoms with Gasteiger partial charge in [0.05, 0.1) is 31.4 Å². The van der Waals surface area contributed by atoms with E-state index in [1.807, 2.05) is 6.92 Å². The molecule has 1 aliphatic rings. The molecule has 12 atom stereocenters. The molecule has 2 unspecified atom stereocenters. The van der Waals surface area contributed by atoms with Crippen LogP contribution in [0.25, 0.3) is 0 Å². The van der Waals surface area contributed by atoms with Gasteiger partial charge in [0.1, 0.15) is 54.9 Å². The lowest BCUT2D eigenvalue weighted by Crippen LogP contribution is -2.64. The Balaban J connectivity index is 2.26. The van der Waals surface area contributed by atoms with Crippen molar-refractivity contribution in [3.05, 3.63) is 71.8 Å². The topological polar surface area (TPSA) is 425 Å². The predicted molar refractivity (Wildman–Crippen MR) is 292 cm³/mol. The molecule has 1 aliphatic heterocycles. The third kappa shape index (κ3) is 21.4. The lowest BCUT2D eigenvalue weighted by molar-refractivity contribution is -0.138. The molecular formula is C53H81N13O14. The summed E-state index contributed by atoms with van der Waals surface area (Å²) >= 11 is 0. The van der Waals surface area contributed by atoms with Crippen LogP contribution in [0.2, 0.25) is 0 Å². The number of unbranched alkanes of at least 4 members (excludes halogenated alkanes) is 1. The molecule has 0 aromatic heterocycles. The number of ether oxygens (including phenoxy) is 1. The Bertz CT molecular complexity index is 2430. The summed E-state index contributed by atoms with van der Waals surface area (Å²) in [7, 11) is 0. The van der Waals surface area contributed by atoms with Crippen LogP contribution in [0.4, 0.5) is 4.79 Å². The summed E-state index contributed by atoms with van der Waals surface area (Å²) in [5.74, 6) is -10.7. The quantitative estimate of drug-likeness (QED) is 0.0437. The standard InChI is InChI=1S/C53H81N13O14/c1-8-10-22-34-45(72)59-35(23-17-24-56-52(54)55)46(73)62-38(29(5)9-2)49(76)63-39(31(7)68)48(75)57-25-37(69)58-30(6)44(71)61-36(26-67)47(74)64-40(33-20-15-12-16-21-33)41(66-53(79)80-27-32-18-13-11-14-19-32)50(77)65-42(51(78)60-34)43(70)28(3)4/h11-16,18-21,28-31,34-36,38-43,67-68,70H,8-10,17,22-27H2,1-7H3,(H,57,75)(H,58,69)(H,59,72)(H,60,78)(H,61,71)(H,62,73)(H,63,76)(H,64,74)(H,65,77)(H,66,79)(H4,54,55,56)/t29?,30-,31-,34-,35+,36?,38-,39-,40+,41-,42-,43+/m0/s1. The van der Waals surface area contributed by atoms with Crippen molar-refractivity contribution in [3.8, 4) is 0 Å². The van der Waals surface area contributed by atoms with E-state index in [9.17, 15) is 63.3 Å². The van der Waals surface area contributed by atoms with E-state index in [-0.39, 0.29) is 43.9 Å². The van der Waals surface area contributed by atoms with Crippen LogP contribution in [0, 0.1) is 11.8 Å². The van der Waals surface area contributed by atoms with Crippen molar-refractivity contribution in [1.82, 2.24) is 53.2 Å². The van der Waals surface area contributed by atoms with Crippen molar-refractivity contribution >= 4 is 65.2 Å². The molecule has 0 aliphatic carbocycles. The monoisotopic (exact) mass is 1120 g/mol. The normalized spacial score (nSPS) is 24.9. The Morgan fingerprint density at radius 1 is 0.662 bits per heavy atom. The van der Waals surface area contributed by atoms with Gasteiger partial charge in [-0.3, -0.25) is 48.1 Å². The second kappa shape index (κ2) is 33.5. The molecule has 10 amide bonds. The van der Waals surface area contributed by atoms with Gasteiger partial charge in [-0.2, -0.15) is 0 Å². The Kier molecular flexibility index (Phi) is 27.8. The molecule has 80 heavy (non-hydrogen) atoms. The van der Waals surface area contributed by atoms with E-state index in [0.717, 1.165) is 0 Å². The van der Waals surface area contributed by atoms with Gasteiger partial charge in [-0.25, -0.2) is 4.79 Å². The van der Waals surface area contributed by atoms with Gasteiger partial charge in [-0.05, 0) is 56.1 Å². The second-order valence-corrected chi connectivity index (χ2v) is 19.9. The minimum absolute atomic E-state index is 0.00840. The predicted octanol–water partition coefficient (Wildman–Crippen LogP) is -2.64. The number of carbonyl (C=O) groups excluding carboxylic acids is 10. The summed E-state index contributed by atoms with van der Waals surface area (Å²) in [5.41, 5.74) is 11.8. The highest BCUT2D eigenvalue weighted by molar-refractivity contribution is 5.99. The molecule has 1 saturated heterocycles. The molecule has 2 aromatic rings. The number of benzene rings is 2. The van der Waals surface area contributed by atoms with Gasteiger partial charge in [0.25, 0.3) is 0 Å². The molecule has 27 nitrogen and oxygen atoms in total. The highest BCUT2D eigenvalue weighted by Gasteiger charge is 2.41. The molecule has 1 heterocycles. The van der Waals surface area contributed by atoms with E-state index >= 15 is 0 Å². The number of aliphatic hydroxyl groups is 3. The van der Waals surface area contributed by atoms with Crippen molar-refractivity contribution in [2.24, 2.45) is 28.3 Å². The SMILES string of the molecule is CCCC[C@@H]1NC(=O)[C@H]([C@H](O)C(C)C)NC(=O)[C@@H](NC(=O)OCc2ccccc2)[C@@H](c2ccccc2)NC(=O)C(CO)NC(=O)[C@H](C)NC(=O)CNC(=O)[C@H]([C@H](C)O)NC(=O)[C@H](C(C)CC)NC(=O)[C@@H](CCCN=C(N)N)NC1=O. The first-order chi connectivity index (χ1) is 37.9. The zero-order valence-corrected chi connectivity index (χ0v) is 46.3. The van der Waals surface area contributed by atoms with E-state index in [1.165, 1.54) is 26.0 Å². The van der Waals surface area contributed by atoms with Crippen LogP contribution < -0.4 is 64.6 Å². The van der Waals surface area contributed by atoms with Gasteiger partial charge < -0.3 is 84.7 Å². The number of nitrogens with two attached hydrogens (primary N) is 2. The summed E-state index contributed by atoms with van der Waals surface area (Å²) in [4.78, 5) is 144. The molecule has 0 bridgehead atoms. The van der Waals surface area contributed by atoms with Gasteiger partial charge in [0.15, 0.2) is 5.96 Å². The number of guanidine groups is 1. The van der Waals surface area contributed by atoms with E-state index in [4.69, 9.17) is 16.2 Å². The van der Waals surface area contributed by atoms with Gasteiger partial charge in [-0.15, -0.1) is 0 Å². The summed E-state index contributed by atoms with van der Waals surface area (Å²) in [6.07, 6.45) is -3.31.